The van der Waals surface area contributed by atoms with Crippen LogP contribution in [0, 0.1) is 34.0 Å². The van der Waals surface area contributed by atoms with E-state index in [1.807, 2.05) is 84.9 Å². The van der Waals surface area contributed by atoms with Crippen molar-refractivity contribution in [3.63, 3.8) is 0 Å². The molecule has 11 aromatic rings. The number of fused-ring (bicyclic) bond motifs is 4. The molecular formula is C66H38N8S2. The van der Waals surface area contributed by atoms with Crippen LogP contribution in [0.15, 0.2) is 250 Å². The second-order valence-corrected chi connectivity index (χ2v) is 20.3. The number of rotatable bonds is 8. The van der Waals surface area contributed by atoms with E-state index in [-0.39, 0.29) is 0 Å². The van der Waals surface area contributed by atoms with Gasteiger partial charge in [-0.15, -0.1) is 0 Å². The standard InChI is InChI=1S/C66H38N8S2/c67-39-42-13-9-16-45(33-42)48-19-12-20-51(36-48)64-70-65(52-31-29-49(46-17-10-14-43(34-46)40-68)37-58(52)73-54-21-1-5-25-60(54)75-61-26-6-2-22-55(61)73)72-66(71-64)53-32-30-50(47-18-11-15-44(35-47)41-69)38-59(53)74-56-23-3-7-27-62(56)76-63-28-8-4-24-57(63)74/h1-38H. The summed E-state index contributed by atoms with van der Waals surface area (Å²) in [5.74, 6) is 1.35. The zero-order chi connectivity index (χ0) is 51.1. The Morgan fingerprint density at radius 1 is 0.276 bits per heavy atom. The Kier molecular flexibility index (Phi) is 11.7. The summed E-state index contributed by atoms with van der Waals surface area (Å²) in [5, 5.41) is 29.9. The lowest BCUT2D eigenvalue weighted by Gasteiger charge is -2.34. The van der Waals surface area contributed by atoms with Crippen LogP contribution in [0.5, 0.6) is 0 Å². The van der Waals surface area contributed by atoms with Gasteiger partial charge < -0.3 is 9.80 Å². The molecule has 0 saturated carbocycles. The summed E-state index contributed by atoms with van der Waals surface area (Å²) in [7, 11) is 0. The molecule has 3 heterocycles. The molecule has 10 aromatic carbocycles. The van der Waals surface area contributed by atoms with E-state index < -0.39 is 0 Å². The number of nitriles is 3. The lowest BCUT2D eigenvalue weighted by molar-refractivity contribution is 1.07. The third-order valence-electron chi connectivity index (χ3n) is 13.6. The molecule has 0 unspecified atom stereocenters. The molecule has 8 nitrogen and oxygen atoms in total. The van der Waals surface area contributed by atoms with Gasteiger partial charge in [-0.3, -0.25) is 0 Å². The van der Waals surface area contributed by atoms with Gasteiger partial charge in [0.15, 0.2) is 17.5 Å². The van der Waals surface area contributed by atoms with E-state index in [1.54, 1.807) is 29.6 Å². The van der Waals surface area contributed by atoms with Gasteiger partial charge in [0.1, 0.15) is 0 Å². The van der Waals surface area contributed by atoms with Crippen LogP contribution in [0.2, 0.25) is 0 Å². The second kappa shape index (κ2) is 19.4. The smallest absolute Gasteiger partial charge is 0.166 e. The molecule has 0 spiro atoms. The summed E-state index contributed by atoms with van der Waals surface area (Å²) in [4.78, 5) is 25.5. The Bertz CT molecular complexity index is 3970. The molecule has 0 radical (unpaired) electrons. The van der Waals surface area contributed by atoms with Crippen LogP contribution < -0.4 is 9.80 Å². The van der Waals surface area contributed by atoms with Crippen molar-refractivity contribution in [1.29, 1.82) is 15.8 Å². The van der Waals surface area contributed by atoms with Crippen LogP contribution >= 0.6 is 23.5 Å². The van der Waals surface area contributed by atoms with Crippen molar-refractivity contribution >= 4 is 57.6 Å². The van der Waals surface area contributed by atoms with Crippen molar-refractivity contribution in [2.75, 3.05) is 9.80 Å². The van der Waals surface area contributed by atoms with E-state index in [4.69, 9.17) is 15.0 Å². The average Bonchev–Trinajstić information content (AvgIpc) is 3.59. The molecule has 0 N–H and O–H groups in total. The number of nitrogens with zero attached hydrogens (tertiary/aromatic N) is 8. The molecule has 76 heavy (non-hydrogen) atoms. The Morgan fingerprint density at radius 2 is 0.592 bits per heavy atom. The summed E-state index contributed by atoms with van der Waals surface area (Å²) in [6, 6.07) is 84.4. The second-order valence-electron chi connectivity index (χ2n) is 18.2. The first kappa shape index (κ1) is 45.8. The summed E-state index contributed by atoms with van der Waals surface area (Å²) < 4.78 is 0. The average molecular weight is 1010 g/mol. The number of hydrogen-bond acceptors (Lipinski definition) is 10. The van der Waals surface area contributed by atoms with E-state index >= 15 is 0 Å². The van der Waals surface area contributed by atoms with Gasteiger partial charge in [0, 0.05) is 36.3 Å². The van der Waals surface area contributed by atoms with E-state index in [0.717, 1.165) is 104 Å². The number of hydrogen-bond donors (Lipinski definition) is 0. The molecule has 354 valence electrons. The fourth-order valence-electron chi connectivity index (χ4n) is 9.99. The minimum absolute atomic E-state index is 0.448. The van der Waals surface area contributed by atoms with Crippen LogP contribution in [0.4, 0.5) is 34.1 Å². The monoisotopic (exact) mass is 1010 g/mol. The van der Waals surface area contributed by atoms with Crippen molar-refractivity contribution in [3.05, 3.63) is 247 Å². The summed E-state index contributed by atoms with van der Waals surface area (Å²) >= 11 is 3.47. The van der Waals surface area contributed by atoms with E-state index in [1.165, 1.54) is 0 Å². The van der Waals surface area contributed by atoms with Gasteiger partial charge in [-0.2, -0.15) is 15.8 Å². The van der Waals surface area contributed by atoms with Crippen molar-refractivity contribution in [2.24, 2.45) is 0 Å². The summed E-state index contributed by atoms with van der Waals surface area (Å²) in [6.45, 7) is 0. The molecule has 2 aliphatic heterocycles. The molecule has 0 saturated heterocycles. The van der Waals surface area contributed by atoms with Crippen LogP contribution in [-0.4, -0.2) is 15.0 Å². The van der Waals surface area contributed by atoms with Gasteiger partial charge >= 0.3 is 0 Å². The highest BCUT2D eigenvalue weighted by Crippen LogP contribution is 2.55. The Morgan fingerprint density at radius 3 is 0.974 bits per heavy atom. The predicted molar refractivity (Wildman–Crippen MR) is 304 cm³/mol. The zero-order valence-electron chi connectivity index (χ0n) is 40.3. The molecule has 2 aliphatic rings. The van der Waals surface area contributed by atoms with Gasteiger partial charge in [0.25, 0.3) is 0 Å². The first-order valence-corrected chi connectivity index (χ1v) is 26.1. The molecule has 0 fully saturated rings. The Hall–Kier alpha value is -10.0. The summed E-state index contributed by atoms with van der Waals surface area (Å²) in [5.41, 5.74) is 15.2. The highest BCUT2D eigenvalue weighted by Gasteiger charge is 2.31. The SMILES string of the molecule is N#Cc1cccc(-c2cccc(-c3nc(-c4ccc(-c5cccc(C#N)c5)cc4N4c5ccccc5Sc5ccccc54)nc(-c4ccc(-c5cccc(C#N)c5)cc4N4c5ccccc5Sc5ccccc54)n3)c2)c1. The molecule has 13 rings (SSSR count). The van der Waals surface area contributed by atoms with Crippen LogP contribution in [0.1, 0.15) is 16.7 Å². The van der Waals surface area contributed by atoms with Crippen LogP contribution in [0.25, 0.3) is 67.5 Å². The van der Waals surface area contributed by atoms with Gasteiger partial charge in [0.2, 0.25) is 0 Å². The maximum atomic E-state index is 10.0. The lowest BCUT2D eigenvalue weighted by atomic mass is 9.98. The molecule has 10 heteroatoms. The van der Waals surface area contributed by atoms with Gasteiger partial charge in [0.05, 0.1) is 69.0 Å². The van der Waals surface area contributed by atoms with Crippen molar-refractivity contribution in [1.82, 2.24) is 15.0 Å². The zero-order valence-corrected chi connectivity index (χ0v) is 42.0. The predicted octanol–water partition coefficient (Wildman–Crippen LogP) is 17.4. The third-order valence-corrected chi connectivity index (χ3v) is 15.8. The molecular weight excluding hydrogens is 969 g/mol. The summed E-state index contributed by atoms with van der Waals surface area (Å²) in [6.07, 6.45) is 0. The highest BCUT2D eigenvalue weighted by molar-refractivity contribution is 8.00. The highest BCUT2D eigenvalue weighted by atomic mass is 32.2. The first-order chi connectivity index (χ1) is 37.5. The maximum absolute atomic E-state index is 10.0. The fourth-order valence-corrected chi connectivity index (χ4v) is 12.1. The van der Waals surface area contributed by atoms with E-state index in [2.05, 4.69) is 168 Å². The minimum atomic E-state index is 0.448. The first-order valence-electron chi connectivity index (χ1n) is 24.5. The largest absolute Gasteiger partial charge is 0.307 e. The van der Waals surface area contributed by atoms with Crippen molar-refractivity contribution in [3.8, 4) is 85.8 Å². The minimum Gasteiger partial charge on any atom is -0.307 e. The molecule has 1 aromatic heterocycles. The van der Waals surface area contributed by atoms with Crippen molar-refractivity contribution in [2.45, 2.75) is 19.6 Å². The van der Waals surface area contributed by atoms with E-state index in [0.29, 0.717) is 34.2 Å². The number of anilines is 6. The number of aromatic nitrogens is 3. The normalized spacial score (nSPS) is 12.0. The van der Waals surface area contributed by atoms with Gasteiger partial charge in [-0.1, -0.05) is 139 Å². The van der Waals surface area contributed by atoms with Crippen LogP contribution in [-0.2, 0) is 0 Å². The Balaban J connectivity index is 1.10. The quantitative estimate of drug-likeness (QED) is 0.146. The van der Waals surface area contributed by atoms with Crippen LogP contribution in [0.3, 0.4) is 0 Å². The molecule has 0 bridgehead atoms. The molecule has 0 aliphatic carbocycles. The molecule has 0 atom stereocenters. The van der Waals surface area contributed by atoms with Gasteiger partial charge in [-0.05, 0) is 149 Å². The topological polar surface area (TPSA) is 117 Å². The lowest BCUT2D eigenvalue weighted by Crippen LogP contribution is -2.17. The fraction of sp³-hybridized carbons (Fsp3) is 0. The molecule has 0 amide bonds. The number of benzene rings is 10. The van der Waals surface area contributed by atoms with Gasteiger partial charge in [-0.25, -0.2) is 15.0 Å². The Labute approximate surface area is 448 Å². The van der Waals surface area contributed by atoms with E-state index in [9.17, 15) is 15.8 Å². The number of para-hydroxylation sites is 4. The van der Waals surface area contributed by atoms with Crippen molar-refractivity contribution < 1.29 is 0 Å². The maximum Gasteiger partial charge on any atom is 0.166 e. The third kappa shape index (κ3) is 8.38.